The Labute approximate surface area is 161 Å². The second kappa shape index (κ2) is 11.4. The number of benzene rings is 2. The third-order valence-corrected chi connectivity index (χ3v) is 4.24. The van der Waals surface area contributed by atoms with Gasteiger partial charge in [-0.3, -0.25) is 0 Å². The van der Waals surface area contributed by atoms with E-state index in [1.54, 1.807) is 0 Å². The molecule has 0 saturated carbocycles. The molecule has 0 N–H and O–H groups in total. The van der Waals surface area contributed by atoms with Crippen molar-refractivity contribution in [1.82, 2.24) is 0 Å². The van der Waals surface area contributed by atoms with E-state index in [9.17, 15) is 0 Å². The number of aryl methyl sites for hydroxylation is 1. The van der Waals surface area contributed by atoms with Gasteiger partial charge in [0.25, 0.3) is 0 Å². The van der Waals surface area contributed by atoms with E-state index in [-0.39, 0.29) is 0 Å². The van der Waals surface area contributed by atoms with Crippen LogP contribution in [0.25, 0.3) is 11.6 Å². The molecule has 0 fully saturated rings. The van der Waals surface area contributed by atoms with Gasteiger partial charge in [-0.15, -0.1) is 0 Å². The van der Waals surface area contributed by atoms with Gasteiger partial charge < -0.3 is 4.90 Å². The predicted molar refractivity (Wildman–Crippen MR) is 120 cm³/mol. The summed E-state index contributed by atoms with van der Waals surface area (Å²) in [5.74, 6) is 0.607. The quantitative estimate of drug-likeness (QED) is 0.531. The van der Waals surface area contributed by atoms with Crippen LogP contribution in [0, 0.1) is 12.8 Å². The molecule has 140 valence electrons. The number of hydrogen-bond acceptors (Lipinski definition) is 1. The normalized spacial score (nSPS) is 10.6. The summed E-state index contributed by atoms with van der Waals surface area (Å²) in [5, 5.41) is 0. The number of rotatable bonds is 6. The summed E-state index contributed by atoms with van der Waals surface area (Å²) >= 11 is 0. The van der Waals surface area contributed by atoms with Crippen molar-refractivity contribution in [2.45, 2.75) is 41.5 Å². The number of allylic oxidation sites excluding steroid dienone is 2. The Bertz CT molecular complexity index is 671. The van der Waals surface area contributed by atoms with Gasteiger partial charge in [-0.1, -0.05) is 80.1 Å². The number of hydrogen-bond donors (Lipinski definition) is 0. The molecule has 2 aromatic rings. The van der Waals surface area contributed by atoms with Crippen LogP contribution in [0.1, 0.15) is 51.3 Å². The molecule has 0 radical (unpaired) electrons. The van der Waals surface area contributed by atoms with Crippen LogP contribution in [0.4, 0.5) is 5.69 Å². The molecule has 1 heteroatoms. The van der Waals surface area contributed by atoms with Crippen molar-refractivity contribution in [2.75, 3.05) is 18.0 Å². The van der Waals surface area contributed by atoms with E-state index in [4.69, 9.17) is 0 Å². The minimum Gasteiger partial charge on any atom is -0.372 e. The predicted octanol–water partition coefficient (Wildman–Crippen LogP) is 7.23. The zero-order valence-electron chi connectivity index (χ0n) is 17.4. The van der Waals surface area contributed by atoms with Gasteiger partial charge >= 0.3 is 0 Å². The Kier molecular flexibility index (Phi) is 9.51. The summed E-state index contributed by atoms with van der Waals surface area (Å²) in [6, 6.07) is 17.2. The van der Waals surface area contributed by atoms with Gasteiger partial charge in [-0.25, -0.2) is 0 Å². The van der Waals surface area contributed by atoms with Crippen molar-refractivity contribution in [2.24, 2.45) is 5.92 Å². The van der Waals surface area contributed by atoms with E-state index < -0.39 is 0 Å². The molecule has 0 aromatic heterocycles. The van der Waals surface area contributed by atoms with Gasteiger partial charge in [0.15, 0.2) is 0 Å². The molecule has 0 aliphatic heterocycles. The Morgan fingerprint density at radius 2 is 1.50 bits per heavy atom. The zero-order chi connectivity index (χ0) is 19.5. The van der Waals surface area contributed by atoms with Crippen molar-refractivity contribution in [3.8, 4) is 0 Å². The summed E-state index contributed by atoms with van der Waals surface area (Å²) in [7, 11) is 0. The average molecular weight is 350 g/mol. The fourth-order valence-electron chi connectivity index (χ4n) is 2.53. The van der Waals surface area contributed by atoms with Gasteiger partial charge in [0, 0.05) is 18.8 Å². The highest BCUT2D eigenvalue weighted by atomic mass is 15.1. The third kappa shape index (κ3) is 7.74. The second-order valence-electron chi connectivity index (χ2n) is 7.01. The molecular weight excluding hydrogens is 314 g/mol. The van der Waals surface area contributed by atoms with Gasteiger partial charge in [0.1, 0.15) is 0 Å². The summed E-state index contributed by atoms with van der Waals surface area (Å²) in [5.41, 5.74) is 6.23. The number of anilines is 1. The van der Waals surface area contributed by atoms with E-state index >= 15 is 0 Å². The topological polar surface area (TPSA) is 3.24 Å². The van der Waals surface area contributed by atoms with Gasteiger partial charge in [0.05, 0.1) is 0 Å². The maximum absolute atomic E-state index is 3.91. The fraction of sp³-hybridized carbons (Fsp3) is 0.360. The molecule has 0 aliphatic carbocycles. The maximum Gasteiger partial charge on any atom is 0.0366 e. The minimum absolute atomic E-state index is 0.607. The Morgan fingerprint density at radius 3 is 1.92 bits per heavy atom. The lowest BCUT2D eigenvalue weighted by Gasteiger charge is -2.20. The molecule has 1 nitrogen and oxygen atoms in total. The minimum atomic E-state index is 0.607. The molecule has 0 heterocycles. The fourth-order valence-corrected chi connectivity index (χ4v) is 2.53. The van der Waals surface area contributed by atoms with Gasteiger partial charge in [0.2, 0.25) is 0 Å². The highest BCUT2D eigenvalue weighted by Gasteiger charge is 1.99. The van der Waals surface area contributed by atoms with Crippen LogP contribution < -0.4 is 4.90 Å². The smallest absolute Gasteiger partial charge is 0.0366 e. The molecule has 0 aliphatic rings. The Morgan fingerprint density at radius 1 is 0.962 bits per heavy atom. The summed E-state index contributed by atoms with van der Waals surface area (Å²) < 4.78 is 0. The van der Waals surface area contributed by atoms with Gasteiger partial charge in [-0.2, -0.15) is 0 Å². The molecule has 0 atom stereocenters. The molecule has 2 rings (SSSR count). The number of nitrogens with zero attached hydrogens (tertiary/aromatic N) is 1. The van der Waals surface area contributed by atoms with Crippen molar-refractivity contribution >= 4 is 17.3 Å². The summed E-state index contributed by atoms with van der Waals surface area (Å²) in [6.45, 7) is 18.9. The molecule has 0 amide bonds. The molecule has 0 unspecified atom stereocenters. The standard InChI is InChI=1S/C14H18.C11H17N/c1-11(2)5-6-13-7-9-14(10-8-13)12(3)4;1-4-12(5-2)11-8-6-10(3)7-9-11/h5-11H,3H2,1-2,4H3;6-9H,4-5H2,1-3H3/b6-5+;. The van der Waals surface area contributed by atoms with Crippen LogP contribution in [0.3, 0.4) is 0 Å². The first-order valence-electron chi connectivity index (χ1n) is 9.63. The van der Waals surface area contributed by atoms with E-state index in [0.717, 1.165) is 18.7 Å². The van der Waals surface area contributed by atoms with E-state index in [2.05, 4.69) is 107 Å². The molecular formula is C25H35N. The first-order chi connectivity index (χ1) is 12.4. The van der Waals surface area contributed by atoms with E-state index in [1.807, 2.05) is 6.92 Å². The molecule has 0 spiro atoms. The molecule has 0 saturated heterocycles. The molecule has 26 heavy (non-hydrogen) atoms. The van der Waals surface area contributed by atoms with Crippen LogP contribution in [0.5, 0.6) is 0 Å². The Hall–Kier alpha value is -2.28. The largest absolute Gasteiger partial charge is 0.372 e. The highest BCUT2D eigenvalue weighted by molar-refractivity contribution is 5.63. The van der Waals surface area contributed by atoms with Crippen LogP contribution in [-0.4, -0.2) is 13.1 Å². The first kappa shape index (κ1) is 21.8. The monoisotopic (exact) mass is 349 g/mol. The van der Waals surface area contributed by atoms with Crippen LogP contribution in [0.15, 0.2) is 61.2 Å². The van der Waals surface area contributed by atoms with Crippen molar-refractivity contribution < 1.29 is 0 Å². The SMILES string of the molecule is C=C(C)c1ccc(/C=C/C(C)C)cc1.CCN(CC)c1ccc(C)cc1. The van der Waals surface area contributed by atoms with Crippen LogP contribution in [0.2, 0.25) is 0 Å². The second-order valence-corrected chi connectivity index (χ2v) is 7.01. The first-order valence-corrected chi connectivity index (χ1v) is 9.63. The molecule has 2 aromatic carbocycles. The van der Waals surface area contributed by atoms with Crippen molar-refractivity contribution in [3.63, 3.8) is 0 Å². The average Bonchev–Trinajstić information content (AvgIpc) is 2.63. The van der Waals surface area contributed by atoms with Crippen LogP contribution in [-0.2, 0) is 0 Å². The third-order valence-electron chi connectivity index (χ3n) is 4.24. The zero-order valence-corrected chi connectivity index (χ0v) is 17.4. The highest BCUT2D eigenvalue weighted by Crippen LogP contribution is 2.14. The van der Waals surface area contributed by atoms with Gasteiger partial charge in [-0.05, 0) is 56.9 Å². The lowest BCUT2D eigenvalue weighted by Crippen LogP contribution is -2.21. The lowest BCUT2D eigenvalue weighted by molar-refractivity contribution is 0.836. The van der Waals surface area contributed by atoms with E-state index in [0.29, 0.717) is 5.92 Å². The lowest BCUT2D eigenvalue weighted by atomic mass is 10.1. The maximum atomic E-state index is 3.91. The van der Waals surface area contributed by atoms with Crippen molar-refractivity contribution in [1.29, 1.82) is 0 Å². The van der Waals surface area contributed by atoms with E-state index in [1.165, 1.54) is 22.4 Å². The summed E-state index contributed by atoms with van der Waals surface area (Å²) in [6.07, 6.45) is 4.36. The Balaban J connectivity index is 0.000000263. The molecule has 0 bridgehead atoms. The van der Waals surface area contributed by atoms with Crippen LogP contribution >= 0.6 is 0 Å². The van der Waals surface area contributed by atoms with Crippen molar-refractivity contribution in [3.05, 3.63) is 77.9 Å². The summed E-state index contributed by atoms with van der Waals surface area (Å²) in [4.78, 5) is 2.35.